The summed E-state index contributed by atoms with van der Waals surface area (Å²) in [5.41, 5.74) is 7.43. The Bertz CT molecular complexity index is 735. The lowest BCUT2D eigenvalue weighted by Crippen LogP contribution is -2.03. The number of benzene rings is 1. The Morgan fingerprint density at radius 1 is 1.10 bits per heavy atom. The lowest BCUT2D eigenvalue weighted by molar-refractivity contribution is 0.628. The van der Waals surface area contributed by atoms with Crippen LogP contribution < -0.4 is 5.73 Å². The first-order chi connectivity index (χ1) is 9.63. The topological polar surface area (TPSA) is 56.7 Å². The van der Waals surface area contributed by atoms with Gasteiger partial charge in [0.1, 0.15) is 11.6 Å². The van der Waals surface area contributed by atoms with E-state index in [0.717, 1.165) is 10.0 Å². The summed E-state index contributed by atoms with van der Waals surface area (Å²) >= 11 is 3.33. The van der Waals surface area contributed by atoms with Crippen molar-refractivity contribution in [2.24, 2.45) is 0 Å². The monoisotopic (exact) mass is 332 g/mol. The number of nitrogens with zero attached hydrogens (tertiary/aromatic N) is 3. The van der Waals surface area contributed by atoms with Gasteiger partial charge in [-0.1, -0.05) is 0 Å². The molecule has 1 aromatic carbocycles. The molecule has 0 radical (unpaired) electrons. The molecule has 2 N–H and O–H groups in total. The summed E-state index contributed by atoms with van der Waals surface area (Å²) in [6.45, 7) is 0. The number of hydrogen-bond donors (Lipinski definition) is 1. The van der Waals surface area contributed by atoms with Crippen molar-refractivity contribution in [3.8, 4) is 17.1 Å². The Labute approximate surface area is 123 Å². The standard InChI is InChI=1S/C14H10BrFN4/c15-10-3-6-14(18-8-10)20-13(17)7-12(19-20)9-1-4-11(16)5-2-9/h1-8H,17H2. The minimum Gasteiger partial charge on any atom is -0.384 e. The molecular weight excluding hydrogens is 323 g/mol. The molecule has 100 valence electrons. The van der Waals surface area contributed by atoms with Crippen LogP contribution in [0.3, 0.4) is 0 Å². The summed E-state index contributed by atoms with van der Waals surface area (Å²) < 4.78 is 15.4. The number of nitrogen functional groups attached to an aromatic ring is 1. The van der Waals surface area contributed by atoms with E-state index in [4.69, 9.17) is 5.73 Å². The van der Waals surface area contributed by atoms with Crippen molar-refractivity contribution in [1.29, 1.82) is 0 Å². The van der Waals surface area contributed by atoms with Crippen LogP contribution in [0.1, 0.15) is 0 Å². The Balaban J connectivity index is 2.02. The van der Waals surface area contributed by atoms with Crippen LogP contribution in [0.4, 0.5) is 10.2 Å². The third kappa shape index (κ3) is 2.42. The molecule has 2 aromatic heterocycles. The van der Waals surface area contributed by atoms with Crippen LogP contribution in [0.5, 0.6) is 0 Å². The molecular formula is C14H10BrFN4. The first-order valence-electron chi connectivity index (χ1n) is 5.87. The molecule has 0 amide bonds. The third-order valence-electron chi connectivity index (χ3n) is 2.81. The van der Waals surface area contributed by atoms with E-state index < -0.39 is 0 Å². The predicted molar refractivity (Wildman–Crippen MR) is 78.9 cm³/mol. The van der Waals surface area contributed by atoms with Gasteiger partial charge in [-0.3, -0.25) is 0 Å². The van der Waals surface area contributed by atoms with Crippen LogP contribution in [0, 0.1) is 5.82 Å². The number of aromatic nitrogens is 3. The molecule has 0 bridgehead atoms. The van der Waals surface area contributed by atoms with E-state index in [0.29, 0.717) is 17.3 Å². The summed E-state index contributed by atoms with van der Waals surface area (Å²) in [7, 11) is 0. The van der Waals surface area contributed by atoms with Crippen LogP contribution >= 0.6 is 15.9 Å². The van der Waals surface area contributed by atoms with Gasteiger partial charge >= 0.3 is 0 Å². The Morgan fingerprint density at radius 2 is 1.85 bits per heavy atom. The highest BCUT2D eigenvalue weighted by Crippen LogP contribution is 2.23. The van der Waals surface area contributed by atoms with Crippen LogP contribution in [0.2, 0.25) is 0 Å². The third-order valence-corrected chi connectivity index (χ3v) is 3.27. The molecule has 3 rings (SSSR count). The van der Waals surface area contributed by atoms with Gasteiger partial charge in [-0.05, 0) is 52.3 Å². The molecule has 0 saturated heterocycles. The highest BCUT2D eigenvalue weighted by Gasteiger charge is 2.09. The summed E-state index contributed by atoms with van der Waals surface area (Å²) in [6.07, 6.45) is 1.67. The molecule has 20 heavy (non-hydrogen) atoms. The molecule has 4 nitrogen and oxygen atoms in total. The fraction of sp³-hybridized carbons (Fsp3) is 0. The quantitative estimate of drug-likeness (QED) is 0.782. The number of halogens is 2. The maximum Gasteiger partial charge on any atom is 0.155 e. The molecule has 0 aliphatic heterocycles. The van der Waals surface area contributed by atoms with Crippen molar-refractivity contribution in [3.63, 3.8) is 0 Å². The maximum absolute atomic E-state index is 12.9. The van der Waals surface area contributed by atoms with E-state index in [2.05, 4.69) is 26.0 Å². The maximum atomic E-state index is 12.9. The highest BCUT2D eigenvalue weighted by atomic mass is 79.9. The Morgan fingerprint density at radius 3 is 2.50 bits per heavy atom. The SMILES string of the molecule is Nc1cc(-c2ccc(F)cc2)nn1-c1ccc(Br)cn1. The highest BCUT2D eigenvalue weighted by molar-refractivity contribution is 9.10. The Kier molecular flexibility index (Phi) is 3.23. The summed E-state index contributed by atoms with van der Waals surface area (Å²) in [6, 6.07) is 11.5. The fourth-order valence-corrected chi connectivity index (χ4v) is 2.07. The molecule has 0 spiro atoms. The average molecular weight is 333 g/mol. The molecule has 3 aromatic rings. The second-order valence-corrected chi connectivity index (χ2v) is 5.12. The predicted octanol–water partition coefficient (Wildman–Crippen LogP) is 3.42. The van der Waals surface area contributed by atoms with Crippen LogP contribution in [-0.2, 0) is 0 Å². The van der Waals surface area contributed by atoms with Gasteiger partial charge in [-0.2, -0.15) is 9.78 Å². The van der Waals surface area contributed by atoms with Crippen molar-refractivity contribution in [2.75, 3.05) is 5.73 Å². The van der Waals surface area contributed by atoms with Crippen molar-refractivity contribution < 1.29 is 4.39 Å². The second kappa shape index (κ2) is 5.05. The molecule has 0 fully saturated rings. The number of pyridine rings is 1. The number of nitrogens with two attached hydrogens (primary N) is 1. The van der Waals surface area contributed by atoms with Crippen molar-refractivity contribution in [3.05, 3.63) is 59.0 Å². The largest absolute Gasteiger partial charge is 0.384 e. The molecule has 0 atom stereocenters. The molecule has 6 heteroatoms. The van der Waals surface area contributed by atoms with Gasteiger partial charge in [0.15, 0.2) is 5.82 Å². The van der Waals surface area contributed by atoms with Crippen molar-refractivity contribution in [1.82, 2.24) is 14.8 Å². The lowest BCUT2D eigenvalue weighted by atomic mass is 10.1. The van der Waals surface area contributed by atoms with Crippen LogP contribution in [-0.4, -0.2) is 14.8 Å². The van der Waals surface area contributed by atoms with Crippen LogP contribution in [0.25, 0.3) is 17.1 Å². The van der Waals surface area contributed by atoms with Gasteiger partial charge in [0, 0.05) is 22.3 Å². The molecule has 2 heterocycles. The molecule has 0 aliphatic carbocycles. The van der Waals surface area contributed by atoms with Gasteiger partial charge in [-0.25, -0.2) is 9.37 Å². The smallest absolute Gasteiger partial charge is 0.155 e. The van der Waals surface area contributed by atoms with E-state index >= 15 is 0 Å². The van der Waals surface area contributed by atoms with Gasteiger partial charge in [-0.15, -0.1) is 0 Å². The Hall–Kier alpha value is -2.21. The zero-order chi connectivity index (χ0) is 14.1. The van der Waals surface area contributed by atoms with Gasteiger partial charge < -0.3 is 5.73 Å². The first-order valence-corrected chi connectivity index (χ1v) is 6.66. The normalized spacial score (nSPS) is 10.7. The second-order valence-electron chi connectivity index (χ2n) is 4.21. The minimum atomic E-state index is -0.282. The number of hydrogen-bond acceptors (Lipinski definition) is 3. The first kappa shape index (κ1) is 12.8. The van der Waals surface area contributed by atoms with E-state index in [1.807, 2.05) is 12.1 Å². The van der Waals surface area contributed by atoms with Crippen molar-refractivity contribution >= 4 is 21.7 Å². The summed E-state index contributed by atoms with van der Waals surface area (Å²) in [5.74, 6) is 0.814. The average Bonchev–Trinajstić information content (AvgIpc) is 2.82. The van der Waals surface area contributed by atoms with E-state index in [9.17, 15) is 4.39 Å². The van der Waals surface area contributed by atoms with E-state index in [-0.39, 0.29) is 5.82 Å². The molecule has 0 aliphatic rings. The van der Waals surface area contributed by atoms with Crippen LogP contribution in [0.15, 0.2) is 53.1 Å². The van der Waals surface area contributed by atoms with E-state index in [1.165, 1.54) is 12.1 Å². The van der Waals surface area contributed by atoms with E-state index in [1.54, 1.807) is 29.1 Å². The minimum absolute atomic E-state index is 0.282. The lowest BCUT2D eigenvalue weighted by Gasteiger charge is -2.02. The number of anilines is 1. The van der Waals surface area contributed by atoms with Gasteiger partial charge in [0.05, 0.1) is 5.69 Å². The van der Waals surface area contributed by atoms with Gasteiger partial charge in [0.2, 0.25) is 0 Å². The van der Waals surface area contributed by atoms with Gasteiger partial charge in [0.25, 0.3) is 0 Å². The zero-order valence-corrected chi connectivity index (χ0v) is 11.9. The zero-order valence-electron chi connectivity index (χ0n) is 10.3. The fourth-order valence-electron chi connectivity index (χ4n) is 1.83. The molecule has 0 unspecified atom stereocenters. The summed E-state index contributed by atoms with van der Waals surface area (Å²) in [5, 5.41) is 4.40. The number of rotatable bonds is 2. The molecule has 0 saturated carbocycles. The summed E-state index contributed by atoms with van der Waals surface area (Å²) in [4.78, 5) is 4.24. The van der Waals surface area contributed by atoms with Crippen molar-refractivity contribution in [2.45, 2.75) is 0 Å².